The van der Waals surface area contributed by atoms with Crippen LogP contribution in [-0.2, 0) is 16.8 Å². The number of aliphatic imine (C=N–C) groups is 1. The van der Waals surface area contributed by atoms with Gasteiger partial charge in [-0.1, -0.05) is 30.3 Å². The number of rotatable bonds is 11. The maximum Gasteiger partial charge on any atom is 0.191 e. The molecule has 0 radical (unpaired) electrons. The summed E-state index contributed by atoms with van der Waals surface area (Å²) in [6.07, 6.45) is 1.84. The first kappa shape index (κ1) is 21.4. The number of benzene rings is 1. The van der Waals surface area contributed by atoms with Crippen molar-refractivity contribution in [3.05, 3.63) is 58.3 Å². The predicted molar refractivity (Wildman–Crippen MR) is 113 cm³/mol. The molecule has 0 aliphatic carbocycles. The lowest BCUT2D eigenvalue weighted by atomic mass is 10.00. The monoisotopic (exact) mass is 389 g/mol. The van der Waals surface area contributed by atoms with E-state index in [1.54, 1.807) is 18.3 Å². The highest BCUT2D eigenvalue weighted by atomic mass is 32.1. The molecule has 0 aliphatic heterocycles. The van der Waals surface area contributed by atoms with Crippen LogP contribution in [0.15, 0.2) is 52.2 Å². The van der Waals surface area contributed by atoms with Crippen molar-refractivity contribution >= 4 is 17.3 Å². The maximum atomic E-state index is 10.6. The molecular weight excluding hydrogens is 358 g/mol. The lowest BCUT2D eigenvalue weighted by molar-refractivity contribution is 0.0677. The van der Waals surface area contributed by atoms with Gasteiger partial charge < -0.3 is 20.5 Å². The van der Waals surface area contributed by atoms with Crippen LogP contribution < -0.4 is 10.6 Å². The Hall–Kier alpha value is -1.89. The van der Waals surface area contributed by atoms with Crippen molar-refractivity contribution in [2.45, 2.75) is 32.3 Å². The van der Waals surface area contributed by atoms with E-state index in [4.69, 9.17) is 4.74 Å². The molecule has 6 heteroatoms. The minimum atomic E-state index is -0.955. The fraction of sp³-hybridized carbons (Fsp3) is 0.476. The Morgan fingerprint density at radius 3 is 2.70 bits per heavy atom. The van der Waals surface area contributed by atoms with Gasteiger partial charge in [0.2, 0.25) is 0 Å². The first-order valence-corrected chi connectivity index (χ1v) is 10.4. The third-order valence-corrected chi connectivity index (χ3v) is 4.85. The van der Waals surface area contributed by atoms with Gasteiger partial charge in [0.1, 0.15) is 5.60 Å². The molecule has 0 saturated heterocycles. The molecule has 0 spiro atoms. The number of guanidine groups is 1. The molecule has 0 saturated carbocycles. The average molecular weight is 390 g/mol. The van der Waals surface area contributed by atoms with Gasteiger partial charge in [0.05, 0.1) is 13.2 Å². The third kappa shape index (κ3) is 8.12. The molecule has 1 aromatic heterocycles. The molecule has 1 aromatic carbocycles. The number of aliphatic hydroxyl groups is 1. The van der Waals surface area contributed by atoms with E-state index in [2.05, 4.69) is 39.9 Å². The zero-order valence-corrected chi connectivity index (χ0v) is 17.1. The Balaban J connectivity index is 1.65. The van der Waals surface area contributed by atoms with Gasteiger partial charge in [-0.05, 0) is 54.6 Å². The molecule has 5 nitrogen and oxygen atoms in total. The van der Waals surface area contributed by atoms with Gasteiger partial charge in [-0.2, -0.15) is 11.3 Å². The Kier molecular flexibility index (Phi) is 9.31. The minimum absolute atomic E-state index is 0.312. The first-order chi connectivity index (χ1) is 13.1. The molecule has 1 atom stereocenters. The van der Waals surface area contributed by atoms with Gasteiger partial charge in [0.25, 0.3) is 0 Å². The van der Waals surface area contributed by atoms with Gasteiger partial charge in [-0.15, -0.1) is 0 Å². The van der Waals surface area contributed by atoms with E-state index < -0.39 is 5.60 Å². The topological polar surface area (TPSA) is 65.9 Å². The Morgan fingerprint density at radius 1 is 1.19 bits per heavy atom. The second-order valence-electron chi connectivity index (χ2n) is 6.61. The summed E-state index contributed by atoms with van der Waals surface area (Å²) in [6, 6.07) is 12.3. The summed E-state index contributed by atoms with van der Waals surface area (Å²) in [4.78, 5) is 4.52. The van der Waals surface area contributed by atoms with Crippen LogP contribution in [-0.4, -0.2) is 43.9 Å². The van der Waals surface area contributed by atoms with Crippen molar-refractivity contribution in [3.63, 3.8) is 0 Å². The summed E-state index contributed by atoms with van der Waals surface area (Å²) in [5.74, 6) is 0.720. The summed E-state index contributed by atoms with van der Waals surface area (Å²) in [7, 11) is 0. The van der Waals surface area contributed by atoms with Crippen molar-refractivity contribution in [2.75, 3.05) is 32.8 Å². The van der Waals surface area contributed by atoms with E-state index >= 15 is 0 Å². The van der Waals surface area contributed by atoms with Gasteiger partial charge in [0, 0.05) is 19.7 Å². The van der Waals surface area contributed by atoms with Crippen LogP contribution in [0.25, 0.3) is 0 Å². The van der Waals surface area contributed by atoms with Crippen LogP contribution in [0, 0.1) is 0 Å². The molecular formula is C21H31N3O2S. The van der Waals surface area contributed by atoms with Crippen LogP contribution in [0.5, 0.6) is 0 Å². The normalized spacial score (nSPS) is 14.0. The van der Waals surface area contributed by atoms with Crippen LogP contribution in [0.3, 0.4) is 0 Å². The fourth-order valence-electron chi connectivity index (χ4n) is 2.55. The molecule has 0 fully saturated rings. The Morgan fingerprint density at radius 2 is 2.00 bits per heavy atom. The van der Waals surface area contributed by atoms with E-state index in [0.29, 0.717) is 13.2 Å². The number of hydrogen-bond acceptors (Lipinski definition) is 4. The molecule has 1 heterocycles. The molecule has 0 amide bonds. The van der Waals surface area contributed by atoms with Gasteiger partial charge in [-0.25, -0.2) is 4.99 Å². The number of ether oxygens (including phenoxy) is 1. The maximum absolute atomic E-state index is 10.6. The molecule has 0 bridgehead atoms. The molecule has 2 rings (SSSR count). The smallest absolute Gasteiger partial charge is 0.191 e. The number of thiophene rings is 1. The minimum Gasteiger partial charge on any atom is -0.383 e. The van der Waals surface area contributed by atoms with E-state index in [9.17, 15) is 5.11 Å². The third-order valence-electron chi connectivity index (χ3n) is 4.17. The predicted octanol–water partition coefficient (Wildman–Crippen LogP) is 3.16. The number of hydrogen-bond donors (Lipinski definition) is 3. The second-order valence-corrected chi connectivity index (χ2v) is 7.39. The van der Waals surface area contributed by atoms with Crippen molar-refractivity contribution in [1.82, 2.24) is 10.6 Å². The van der Waals surface area contributed by atoms with Crippen LogP contribution in [0.1, 0.15) is 31.4 Å². The highest BCUT2D eigenvalue weighted by Crippen LogP contribution is 2.23. The zero-order chi connectivity index (χ0) is 19.4. The van der Waals surface area contributed by atoms with E-state index in [1.807, 2.05) is 29.8 Å². The second kappa shape index (κ2) is 11.7. The summed E-state index contributed by atoms with van der Waals surface area (Å²) in [5.41, 5.74) is 1.25. The Labute approximate surface area is 166 Å². The molecule has 0 aliphatic rings. The molecule has 3 N–H and O–H groups in total. The fourth-order valence-corrected chi connectivity index (χ4v) is 3.34. The zero-order valence-electron chi connectivity index (χ0n) is 16.3. The quantitative estimate of drug-likeness (QED) is 0.314. The highest BCUT2D eigenvalue weighted by Gasteiger charge is 2.23. The number of nitrogens with one attached hydrogen (secondary N) is 2. The van der Waals surface area contributed by atoms with Crippen LogP contribution in [0.2, 0.25) is 0 Å². The van der Waals surface area contributed by atoms with Crippen molar-refractivity contribution in [3.8, 4) is 0 Å². The highest BCUT2D eigenvalue weighted by molar-refractivity contribution is 7.08. The van der Waals surface area contributed by atoms with Gasteiger partial charge in [0.15, 0.2) is 5.96 Å². The van der Waals surface area contributed by atoms with Gasteiger partial charge in [-0.3, -0.25) is 0 Å². The summed E-state index contributed by atoms with van der Waals surface area (Å²) in [5, 5.41) is 21.0. The number of nitrogens with zero attached hydrogens (tertiary/aromatic N) is 1. The molecule has 2 aromatic rings. The SMILES string of the molecule is CCNC(=NCC(C)(O)c1ccsc1)NCCCOCCc1ccccc1. The van der Waals surface area contributed by atoms with Crippen molar-refractivity contribution < 1.29 is 9.84 Å². The molecule has 148 valence electrons. The Bertz CT molecular complexity index is 657. The lowest BCUT2D eigenvalue weighted by Crippen LogP contribution is -2.39. The average Bonchev–Trinajstić information content (AvgIpc) is 3.22. The van der Waals surface area contributed by atoms with Crippen molar-refractivity contribution in [2.24, 2.45) is 4.99 Å². The standard InChI is InChI=1S/C21H31N3O2S/c1-3-22-20(24-17-21(2,25)19-11-15-27-16-19)23-12-7-13-26-14-10-18-8-5-4-6-9-18/h4-6,8-9,11,15-16,25H,3,7,10,12-14,17H2,1-2H3,(H2,22,23,24). The molecule has 1 unspecified atom stereocenters. The van der Waals surface area contributed by atoms with E-state index in [1.165, 1.54) is 5.56 Å². The lowest BCUT2D eigenvalue weighted by Gasteiger charge is -2.21. The van der Waals surface area contributed by atoms with Crippen LogP contribution >= 0.6 is 11.3 Å². The molecule has 27 heavy (non-hydrogen) atoms. The summed E-state index contributed by atoms with van der Waals surface area (Å²) in [6.45, 7) is 7.14. The van der Waals surface area contributed by atoms with E-state index in [-0.39, 0.29) is 0 Å². The van der Waals surface area contributed by atoms with E-state index in [0.717, 1.165) is 44.1 Å². The summed E-state index contributed by atoms with van der Waals surface area (Å²) >= 11 is 1.58. The summed E-state index contributed by atoms with van der Waals surface area (Å²) < 4.78 is 5.70. The largest absolute Gasteiger partial charge is 0.383 e. The first-order valence-electron chi connectivity index (χ1n) is 9.50. The van der Waals surface area contributed by atoms with Gasteiger partial charge >= 0.3 is 0 Å². The van der Waals surface area contributed by atoms with Crippen LogP contribution in [0.4, 0.5) is 0 Å². The van der Waals surface area contributed by atoms with Crippen molar-refractivity contribution in [1.29, 1.82) is 0 Å².